The highest BCUT2D eigenvalue weighted by Gasteiger charge is 2.10. The second kappa shape index (κ2) is 5.79. The van der Waals surface area contributed by atoms with E-state index in [0.29, 0.717) is 11.7 Å². The molecule has 2 heterocycles. The summed E-state index contributed by atoms with van der Waals surface area (Å²) >= 11 is 9.31. The molecule has 3 aromatic rings. The van der Waals surface area contributed by atoms with Crippen LogP contribution in [0.3, 0.4) is 0 Å². The van der Waals surface area contributed by atoms with Gasteiger partial charge in [0.2, 0.25) is 5.28 Å². The molecule has 106 valence electrons. The molecular formula is C13H9BrClN5O. The van der Waals surface area contributed by atoms with Crippen LogP contribution >= 0.6 is 27.5 Å². The van der Waals surface area contributed by atoms with Crippen LogP contribution in [0.4, 0.5) is 0 Å². The summed E-state index contributed by atoms with van der Waals surface area (Å²) in [6, 6.07) is 7.51. The summed E-state index contributed by atoms with van der Waals surface area (Å²) in [4.78, 5) is 12.2. The van der Waals surface area contributed by atoms with E-state index in [2.05, 4.69) is 36.0 Å². The van der Waals surface area contributed by atoms with Gasteiger partial charge in [0.1, 0.15) is 5.75 Å². The number of rotatable bonds is 3. The van der Waals surface area contributed by atoms with Crippen LogP contribution in [-0.4, -0.2) is 24.7 Å². The molecule has 0 aliphatic carbocycles. The third-order valence-corrected chi connectivity index (χ3v) is 3.29. The minimum Gasteiger partial charge on any atom is -0.424 e. The Hall–Kier alpha value is -1.99. The van der Waals surface area contributed by atoms with Crippen molar-refractivity contribution in [3.63, 3.8) is 0 Å². The summed E-state index contributed by atoms with van der Waals surface area (Å²) in [6.45, 7) is 1.93. The van der Waals surface area contributed by atoms with Crippen LogP contribution in [0.25, 0.3) is 5.95 Å². The molecule has 0 atom stereocenters. The number of benzene rings is 1. The fraction of sp³-hybridized carbons (Fsp3) is 0.0769. The van der Waals surface area contributed by atoms with Crippen LogP contribution in [0.15, 0.2) is 41.1 Å². The predicted molar refractivity (Wildman–Crippen MR) is 80.9 cm³/mol. The van der Waals surface area contributed by atoms with Crippen LogP contribution in [0.1, 0.15) is 5.56 Å². The molecule has 0 bridgehead atoms. The van der Waals surface area contributed by atoms with Crippen LogP contribution < -0.4 is 4.74 Å². The van der Waals surface area contributed by atoms with Crippen molar-refractivity contribution in [3.8, 4) is 17.7 Å². The van der Waals surface area contributed by atoms with Crippen molar-refractivity contribution in [2.75, 3.05) is 0 Å². The number of ether oxygens (including phenoxy) is 1. The smallest absolute Gasteiger partial charge is 0.328 e. The molecule has 0 spiro atoms. The van der Waals surface area contributed by atoms with Crippen molar-refractivity contribution in [2.24, 2.45) is 0 Å². The van der Waals surface area contributed by atoms with Gasteiger partial charge in [-0.2, -0.15) is 20.1 Å². The highest BCUT2D eigenvalue weighted by molar-refractivity contribution is 9.10. The van der Waals surface area contributed by atoms with Crippen LogP contribution in [-0.2, 0) is 0 Å². The molecule has 0 amide bonds. The Morgan fingerprint density at radius 1 is 1.24 bits per heavy atom. The van der Waals surface area contributed by atoms with Gasteiger partial charge in [-0.05, 0) is 48.4 Å². The van der Waals surface area contributed by atoms with Crippen LogP contribution in [0.2, 0.25) is 5.28 Å². The highest BCUT2D eigenvalue weighted by atomic mass is 79.9. The van der Waals surface area contributed by atoms with Crippen molar-refractivity contribution in [1.29, 1.82) is 0 Å². The summed E-state index contributed by atoms with van der Waals surface area (Å²) in [5, 5.41) is 4.09. The van der Waals surface area contributed by atoms with Gasteiger partial charge in [-0.15, -0.1) is 0 Å². The van der Waals surface area contributed by atoms with Gasteiger partial charge in [0.25, 0.3) is 5.95 Å². The topological polar surface area (TPSA) is 65.7 Å². The van der Waals surface area contributed by atoms with E-state index in [0.717, 1.165) is 10.0 Å². The zero-order valence-electron chi connectivity index (χ0n) is 10.9. The average Bonchev–Trinajstić information content (AvgIpc) is 2.95. The Bertz CT molecular complexity index is 778. The summed E-state index contributed by atoms with van der Waals surface area (Å²) in [5.41, 5.74) is 0.946. The average molecular weight is 367 g/mol. The van der Waals surface area contributed by atoms with Crippen molar-refractivity contribution in [1.82, 2.24) is 24.7 Å². The summed E-state index contributed by atoms with van der Waals surface area (Å²) in [7, 11) is 0. The molecule has 6 nitrogen and oxygen atoms in total. The zero-order valence-corrected chi connectivity index (χ0v) is 13.2. The third-order valence-electron chi connectivity index (χ3n) is 2.62. The molecular weight excluding hydrogens is 358 g/mol. The van der Waals surface area contributed by atoms with Gasteiger partial charge in [-0.1, -0.05) is 15.9 Å². The largest absolute Gasteiger partial charge is 0.424 e. The fourth-order valence-corrected chi connectivity index (χ4v) is 2.31. The maximum absolute atomic E-state index is 5.91. The molecule has 21 heavy (non-hydrogen) atoms. The summed E-state index contributed by atoms with van der Waals surface area (Å²) in [6.07, 6.45) is 3.33. The van der Waals surface area contributed by atoms with E-state index in [1.165, 1.54) is 4.68 Å². The number of hydrogen-bond acceptors (Lipinski definition) is 5. The lowest BCUT2D eigenvalue weighted by molar-refractivity contribution is 0.434. The van der Waals surface area contributed by atoms with E-state index >= 15 is 0 Å². The lowest BCUT2D eigenvalue weighted by Crippen LogP contribution is -2.05. The Kier molecular flexibility index (Phi) is 3.85. The molecule has 0 saturated carbocycles. The fourth-order valence-electron chi connectivity index (χ4n) is 1.68. The van der Waals surface area contributed by atoms with Gasteiger partial charge in [-0.25, -0.2) is 4.68 Å². The van der Waals surface area contributed by atoms with Gasteiger partial charge < -0.3 is 4.74 Å². The van der Waals surface area contributed by atoms with Crippen molar-refractivity contribution < 1.29 is 4.74 Å². The van der Waals surface area contributed by atoms with Gasteiger partial charge in [0, 0.05) is 16.9 Å². The van der Waals surface area contributed by atoms with E-state index < -0.39 is 0 Å². The lowest BCUT2D eigenvalue weighted by atomic mass is 10.2. The second-order valence-corrected chi connectivity index (χ2v) is 5.40. The Morgan fingerprint density at radius 2 is 2.10 bits per heavy atom. The quantitative estimate of drug-likeness (QED) is 0.709. The van der Waals surface area contributed by atoms with E-state index in [-0.39, 0.29) is 11.3 Å². The number of aryl methyl sites for hydroxylation is 1. The molecule has 0 aliphatic heterocycles. The number of aromatic nitrogens is 5. The summed E-state index contributed by atoms with van der Waals surface area (Å²) < 4.78 is 8.13. The van der Waals surface area contributed by atoms with E-state index in [1.54, 1.807) is 18.5 Å². The first-order chi connectivity index (χ1) is 10.1. The first kappa shape index (κ1) is 14.0. The first-order valence-corrected chi connectivity index (χ1v) is 7.14. The molecule has 1 aromatic carbocycles. The SMILES string of the molecule is Cc1cc(Br)ccc1Oc1nc(Cl)nc(-n2cccn2)n1. The van der Waals surface area contributed by atoms with Gasteiger partial charge in [-0.3, -0.25) is 0 Å². The normalized spacial score (nSPS) is 10.6. The molecule has 0 fully saturated rings. The maximum Gasteiger partial charge on any atom is 0.328 e. The number of nitrogens with zero attached hydrogens (tertiary/aromatic N) is 5. The number of halogens is 2. The van der Waals surface area contributed by atoms with Gasteiger partial charge in [0.15, 0.2) is 0 Å². The van der Waals surface area contributed by atoms with Gasteiger partial charge in [0.05, 0.1) is 0 Å². The third kappa shape index (κ3) is 3.20. The van der Waals surface area contributed by atoms with Crippen LogP contribution in [0.5, 0.6) is 11.8 Å². The molecule has 0 radical (unpaired) electrons. The van der Waals surface area contributed by atoms with Gasteiger partial charge >= 0.3 is 6.01 Å². The molecule has 0 N–H and O–H groups in total. The molecule has 3 rings (SSSR count). The highest BCUT2D eigenvalue weighted by Crippen LogP contribution is 2.26. The Balaban J connectivity index is 1.95. The minimum absolute atomic E-state index is 0.0419. The predicted octanol–water partition coefficient (Wildman–Crippen LogP) is 3.57. The first-order valence-electron chi connectivity index (χ1n) is 5.97. The zero-order chi connectivity index (χ0) is 14.8. The molecule has 0 unspecified atom stereocenters. The van der Waals surface area contributed by atoms with E-state index in [9.17, 15) is 0 Å². The monoisotopic (exact) mass is 365 g/mol. The van der Waals surface area contributed by atoms with Crippen LogP contribution in [0, 0.1) is 6.92 Å². The molecule has 0 aliphatic rings. The minimum atomic E-state index is 0.0419. The van der Waals surface area contributed by atoms with Crippen molar-refractivity contribution in [3.05, 3.63) is 52.0 Å². The second-order valence-electron chi connectivity index (χ2n) is 4.15. The molecule has 8 heteroatoms. The Labute approximate surface area is 133 Å². The lowest BCUT2D eigenvalue weighted by Gasteiger charge is -2.08. The van der Waals surface area contributed by atoms with Crippen molar-refractivity contribution >= 4 is 27.5 Å². The van der Waals surface area contributed by atoms with Crippen molar-refractivity contribution in [2.45, 2.75) is 6.92 Å². The molecule has 2 aromatic heterocycles. The molecule has 0 saturated heterocycles. The number of hydrogen-bond donors (Lipinski definition) is 0. The summed E-state index contributed by atoms with van der Waals surface area (Å²) in [5.74, 6) is 0.941. The Morgan fingerprint density at radius 3 is 2.81 bits per heavy atom. The standard InChI is InChI=1S/C13H9BrClN5O/c1-8-7-9(14)3-4-10(8)21-13-18-11(15)17-12(19-13)20-6-2-5-16-20/h2-7H,1H3. The maximum atomic E-state index is 5.91. The van der Waals surface area contributed by atoms with E-state index in [1.807, 2.05) is 25.1 Å². The van der Waals surface area contributed by atoms with E-state index in [4.69, 9.17) is 16.3 Å².